The van der Waals surface area contributed by atoms with E-state index in [4.69, 9.17) is 0 Å². The van der Waals surface area contributed by atoms with Crippen molar-refractivity contribution in [2.45, 2.75) is 25.8 Å². The number of hydrogen-bond acceptors (Lipinski definition) is 5. The number of carbonyl (C=O) groups is 1. The molecule has 1 aliphatic rings. The van der Waals surface area contributed by atoms with Gasteiger partial charge >= 0.3 is 5.69 Å². The maximum absolute atomic E-state index is 12.5. The van der Waals surface area contributed by atoms with Gasteiger partial charge in [0.1, 0.15) is 5.56 Å². The number of aromatic hydroxyl groups is 1. The summed E-state index contributed by atoms with van der Waals surface area (Å²) >= 11 is 0. The van der Waals surface area contributed by atoms with Crippen LogP contribution in [0.3, 0.4) is 0 Å². The van der Waals surface area contributed by atoms with Crippen molar-refractivity contribution in [3.8, 4) is 5.88 Å². The highest BCUT2D eigenvalue weighted by Crippen LogP contribution is 2.37. The summed E-state index contributed by atoms with van der Waals surface area (Å²) in [4.78, 5) is 41.9. The summed E-state index contributed by atoms with van der Waals surface area (Å²) in [5.74, 6) is -0.679. The van der Waals surface area contributed by atoms with Crippen molar-refractivity contribution >= 4 is 22.5 Å². The average molecular weight is 381 g/mol. The molecular weight excluding hydrogens is 362 g/mol. The fourth-order valence-electron chi connectivity index (χ4n) is 3.53. The highest BCUT2D eigenvalue weighted by Gasteiger charge is 2.36. The molecule has 3 N–H and O–H groups in total. The van der Waals surface area contributed by atoms with Gasteiger partial charge in [0, 0.05) is 42.6 Å². The van der Waals surface area contributed by atoms with Gasteiger partial charge in [-0.25, -0.2) is 9.80 Å². The molecular formula is C19H19N5O4. The number of carbonyl (C=O) groups excluding carboxylic acids is 1. The van der Waals surface area contributed by atoms with Gasteiger partial charge in [-0.3, -0.25) is 19.1 Å². The Kier molecular flexibility index (Phi) is 4.14. The molecule has 9 nitrogen and oxygen atoms in total. The van der Waals surface area contributed by atoms with Gasteiger partial charge in [0.05, 0.1) is 11.8 Å². The Morgan fingerprint density at radius 2 is 2.07 bits per heavy atom. The van der Waals surface area contributed by atoms with Crippen molar-refractivity contribution in [3.05, 3.63) is 62.4 Å². The van der Waals surface area contributed by atoms with E-state index in [0.717, 1.165) is 21.0 Å². The summed E-state index contributed by atoms with van der Waals surface area (Å²) in [6.07, 6.45) is 2.31. The predicted octanol–water partition coefficient (Wildman–Crippen LogP) is 1.35. The third-order valence-corrected chi connectivity index (χ3v) is 5.03. The second-order valence-corrected chi connectivity index (χ2v) is 6.66. The molecule has 144 valence electrons. The number of nitrogens with zero attached hydrogens (tertiary/aromatic N) is 3. The Bertz CT molecular complexity index is 1230. The summed E-state index contributed by atoms with van der Waals surface area (Å²) in [6.45, 7) is 1.73. The number of benzene rings is 1. The first-order chi connectivity index (χ1) is 13.4. The molecule has 9 heteroatoms. The number of H-pyrrole nitrogens is 2. The molecule has 1 unspecified atom stereocenters. The molecule has 1 aliphatic heterocycles. The van der Waals surface area contributed by atoms with Gasteiger partial charge in [-0.05, 0) is 6.07 Å². The first-order valence-corrected chi connectivity index (χ1v) is 8.90. The third kappa shape index (κ3) is 2.63. The minimum absolute atomic E-state index is 0.0988. The third-order valence-electron chi connectivity index (χ3n) is 5.03. The zero-order chi connectivity index (χ0) is 20.0. The Hall–Kier alpha value is -3.62. The summed E-state index contributed by atoms with van der Waals surface area (Å²) in [5.41, 5.74) is 0.502. The van der Waals surface area contributed by atoms with Gasteiger partial charge in [-0.2, -0.15) is 5.10 Å². The molecule has 1 amide bonds. The molecule has 0 radical (unpaired) electrons. The highest BCUT2D eigenvalue weighted by molar-refractivity contribution is 6.05. The molecule has 3 heterocycles. The summed E-state index contributed by atoms with van der Waals surface area (Å²) < 4.78 is 0.935. The van der Waals surface area contributed by atoms with Crippen LogP contribution < -0.4 is 11.2 Å². The van der Waals surface area contributed by atoms with Crippen LogP contribution in [0.25, 0.3) is 10.9 Å². The number of nitrogens with one attached hydrogen (secondary N) is 2. The predicted molar refractivity (Wildman–Crippen MR) is 103 cm³/mol. The van der Waals surface area contributed by atoms with Gasteiger partial charge < -0.3 is 10.1 Å². The van der Waals surface area contributed by atoms with Crippen LogP contribution in [0.1, 0.15) is 36.9 Å². The largest absolute Gasteiger partial charge is 0.494 e. The molecule has 0 bridgehead atoms. The van der Waals surface area contributed by atoms with E-state index in [2.05, 4.69) is 15.1 Å². The Morgan fingerprint density at radius 1 is 1.32 bits per heavy atom. The molecule has 3 aromatic rings. The molecule has 0 spiro atoms. The lowest BCUT2D eigenvalue weighted by atomic mass is 9.98. The average Bonchev–Trinajstić information content (AvgIpc) is 3.30. The van der Waals surface area contributed by atoms with Gasteiger partial charge in [-0.15, -0.1) is 0 Å². The van der Waals surface area contributed by atoms with Crippen molar-refractivity contribution in [1.82, 2.24) is 19.5 Å². The van der Waals surface area contributed by atoms with E-state index in [0.29, 0.717) is 0 Å². The molecule has 1 atom stereocenters. The second-order valence-electron chi connectivity index (χ2n) is 6.66. The van der Waals surface area contributed by atoms with E-state index in [1.807, 2.05) is 30.5 Å². The summed E-state index contributed by atoms with van der Waals surface area (Å²) in [6, 6.07) is 7.28. The topological polar surface area (TPSA) is 124 Å². The van der Waals surface area contributed by atoms with E-state index in [1.165, 1.54) is 12.1 Å². The second kappa shape index (κ2) is 6.52. The van der Waals surface area contributed by atoms with Crippen LogP contribution in [0, 0.1) is 0 Å². The fraction of sp³-hybridized carbons (Fsp3) is 0.263. The molecule has 0 saturated heterocycles. The van der Waals surface area contributed by atoms with Crippen LogP contribution in [0.4, 0.5) is 0 Å². The fourth-order valence-corrected chi connectivity index (χ4v) is 3.53. The lowest BCUT2D eigenvalue weighted by Gasteiger charge is -2.20. The number of hydrazone groups is 1. The number of para-hydroxylation sites is 1. The van der Waals surface area contributed by atoms with E-state index in [1.54, 1.807) is 6.92 Å². The van der Waals surface area contributed by atoms with Crippen LogP contribution in [-0.4, -0.2) is 36.3 Å². The van der Waals surface area contributed by atoms with E-state index in [9.17, 15) is 19.5 Å². The number of aromatic nitrogens is 3. The van der Waals surface area contributed by atoms with Crippen molar-refractivity contribution in [1.29, 1.82) is 0 Å². The molecule has 0 fully saturated rings. The SMILES string of the molecule is CCC(=O)N1N=C(c2c(O)n(C)c(=O)[nH]c2=O)CC1c1c[nH]c2ccccc12. The minimum Gasteiger partial charge on any atom is -0.494 e. The molecule has 4 rings (SSSR count). The zero-order valence-electron chi connectivity index (χ0n) is 15.4. The molecule has 28 heavy (non-hydrogen) atoms. The van der Waals surface area contributed by atoms with Crippen molar-refractivity contribution in [2.24, 2.45) is 12.1 Å². The first kappa shape index (κ1) is 17.8. The monoisotopic (exact) mass is 381 g/mol. The Labute approximate surface area is 158 Å². The Balaban J connectivity index is 1.85. The normalized spacial score (nSPS) is 16.6. The minimum atomic E-state index is -0.733. The smallest absolute Gasteiger partial charge is 0.330 e. The van der Waals surface area contributed by atoms with Crippen LogP contribution in [0.2, 0.25) is 0 Å². The summed E-state index contributed by atoms with van der Waals surface area (Å²) in [7, 11) is 1.35. The molecule has 2 aromatic heterocycles. The van der Waals surface area contributed by atoms with Crippen molar-refractivity contribution in [2.75, 3.05) is 0 Å². The van der Waals surface area contributed by atoms with Gasteiger partial charge in [0.2, 0.25) is 11.8 Å². The standard InChI is InChI=1S/C19H19N5O4/c1-3-15(25)24-14(11-9-20-12-7-5-4-6-10(11)12)8-13(22-24)16-17(26)21-19(28)23(2)18(16)27/h4-7,9,14,20,27H,3,8H2,1-2H3,(H,21,26,28). The van der Waals surface area contributed by atoms with Gasteiger partial charge in [-0.1, -0.05) is 25.1 Å². The quantitative estimate of drug-likeness (QED) is 0.633. The van der Waals surface area contributed by atoms with Crippen molar-refractivity contribution in [3.63, 3.8) is 0 Å². The maximum Gasteiger partial charge on any atom is 0.330 e. The van der Waals surface area contributed by atoms with Crippen LogP contribution >= 0.6 is 0 Å². The van der Waals surface area contributed by atoms with Gasteiger partial charge in [0.25, 0.3) is 5.56 Å². The van der Waals surface area contributed by atoms with Crippen LogP contribution in [-0.2, 0) is 11.8 Å². The highest BCUT2D eigenvalue weighted by atomic mass is 16.3. The maximum atomic E-state index is 12.5. The summed E-state index contributed by atoms with van der Waals surface area (Å²) in [5, 5.41) is 17.0. The number of rotatable bonds is 3. The zero-order valence-corrected chi connectivity index (χ0v) is 15.4. The number of amides is 1. The van der Waals surface area contributed by atoms with Crippen LogP contribution in [0.15, 0.2) is 45.2 Å². The van der Waals surface area contributed by atoms with E-state index in [-0.39, 0.29) is 30.0 Å². The Morgan fingerprint density at radius 3 is 2.82 bits per heavy atom. The van der Waals surface area contributed by atoms with Crippen LogP contribution in [0.5, 0.6) is 5.88 Å². The molecule has 0 saturated carbocycles. The lowest BCUT2D eigenvalue weighted by molar-refractivity contribution is -0.132. The van der Waals surface area contributed by atoms with E-state index >= 15 is 0 Å². The number of hydrogen-bond donors (Lipinski definition) is 3. The molecule has 0 aliphatic carbocycles. The molecule has 1 aromatic carbocycles. The van der Waals surface area contributed by atoms with Gasteiger partial charge in [0.15, 0.2) is 0 Å². The number of aromatic amines is 2. The first-order valence-electron chi connectivity index (χ1n) is 8.90. The number of fused-ring (bicyclic) bond motifs is 1. The van der Waals surface area contributed by atoms with E-state index < -0.39 is 23.2 Å². The lowest BCUT2D eigenvalue weighted by Crippen LogP contribution is -2.32. The van der Waals surface area contributed by atoms with Crippen molar-refractivity contribution < 1.29 is 9.90 Å².